The second kappa shape index (κ2) is 4.63. The molecule has 0 spiro atoms. The van der Waals surface area contributed by atoms with Crippen molar-refractivity contribution in [1.82, 2.24) is 0 Å². The van der Waals surface area contributed by atoms with Gasteiger partial charge in [0.15, 0.2) is 5.78 Å². The lowest BCUT2D eigenvalue weighted by molar-refractivity contribution is 0.101. The van der Waals surface area contributed by atoms with Crippen molar-refractivity contribution in [3.63, 3.8) is 0 Å². The van der Waals surface area contributed by atoms with Crippen LogP contribution in [0.5, 0.6) is 0 Å². The van der Waals surface area contributed by atoms with Gasteiger partial charge in [0.05, 0.1) is 0 Å². The number of nitrogens with two attached hydrogens (primary N) is 1. The Hall–Kier alpha value is -2.36. The molecule has 0 saturated heterocycles. The lowest BCUT2D eigenvalue weighted by atomic mass is 10.1. The number of rotatable bonds is 2. The number of hydrogen-bond donors (Lipinski definition) is 1. The normalized spacial score (nSPS) is 13.4. The SMILES string of the molecule is CC(=O)c1cc(N2CCc3ccc(F)cc32)ccc1N. The maximum atomic E-state index is 13.4. The van der Waals surface area contributed by atoms with Gasteiger partial charge < -0.3 is 10.6 Å². The fraction of sp³-hybridized carbons (Fsp3) is 0.188. The highest BCUT2D eigenvalue weighted by atomic mass is 19.1. The van der Waals surface area contributed by atoms with Crippen LogP contribution in [0.3, 0.4) is 0 Å². The molecule has 3 nitrogen and oxygen atoms in total. The highest BCUT2D eigenvalue weighted by Crippen LogP contribution is 2.36. The summed E-state index contributed by atoms with van der Waals surface area (Å²) in [5.74, 6) is -0.319. The Labute approximate surface area is 116 Å². The number of nitrogens with zero attached hydrogens (tertiary/aromatic N) is 1. The van der Waals surface area contributed by atoms with Crippen LogP contribution in [0.15, 0.2) is 36.4 Å². The Morgan fingerprint density at radius 2 is 2.05 bits per heavy atom. The molecule has 20 heavy (non-hydrogen) atoms. The highest BCUT2D eigenvalue weighted by molar-refractivity contribution is 6.00. The minimum absolute atomic E-state index is 0.0667. The number of ketones is 1. The average Bonchev–Trinajstić information content (AvgIpc) is 2.82. The van der Waals surface area contributed by atoms with Gasteiger partial charge in [0.2, 0.25) is 0 Å². The van der Waals surface area contributed by atoms with Crippen molar-refractivity contribution < 1.29 is 9.18 Å². The maximum Gasteiger partial charge on any atom is 0.161 e. The molecule has 0 aliphatic carbocycles. The van der Waals surface area contributed by atoms with Crippen LogP contribution in [0.25, 0.3) is 0 Å². The van der Waals surface area contributed by atoms with Crippen molar-refractivity contribution in [1.29, 1.82) is 0 Å². The predicted molar refractivity (Wildman–Crippen MR) is 78.0 cm³/mol. The van der Waals surface area contributed by atoms with Crippen molar-refractivity contribution in [2.45, 2.75) is 13.3 Å². The van der Waals surface area contributed by atoms with Crippen LogP contribution in [0, 0.1) is 5.82 Å². The average molecular weight is 270 g/mol. The minimum atomic E-state index is -0.252. The Morgan fingerprint density at radius 1 is 1.25 bits per heavy atom. The number of halogens is 1. The first-order chi connectivity index (χ1) is 9.56. The van der Waals surface area contributed by atoms with Gasteiger partial charge in [0.25, 0.3) is 0 Å². The molecule has 0 unspecified atom stereocenters. The molecular weight excluding hydrogens is 255 g/mol. The molecule has 0 fully saturated rings. The van der Waals surface area contributed by atoms with Crippen molar-refractivity contribution in [2.24, 2.45) is 0 Å². The minimum Gasteiger partial charge on any atom is -0.398 e. The largest absolute Gasteiger partial charge is 0.398 e. The number of carbonyl (C=O) groups is 1. The fourth-order valence-electron chi connectivity index (χ4n) is 2.64. The second-order valence-corrected chi connectivity index (χ2v) is 5.00. The van der Waals surface area contributed by atoms with Crippen molar-refractivity contribution in [2.75, 3.05) is 17.2 Å². The third-order valence-corrected chi connectivity index (χ3v) is 3.67. The smallest absolute Gasteiger partial charge is 0.161 e. The van der Waals surface area contributed by atoms with Gasteiger partial charge in [-0.15, -0.1) is 0 Å². The van der Waals surface area contributed by atoms with E-state index < -0.39 is 0 Å². The quantitative estimate of drug-likeness (QED) is 0.672. The van der Waals surface area contributed by atoms with E-state index in [0.29, 0.717) is 11.3 Å². The summed E-state index contributed by atoms with van der Waals surface area (Å²) >= 11 is 0. The molecule has 2 aromatic carbocycles. The number of benzene rings is 2. The van der Waals surface area contributed by atoms with Crippen LogP contribution < -0.4 is 10.6 Å². The molecular formula is C16H15FN2O. The number of hydrogen-bond acceptors (Lipinski definition) is 3. The van der Waals surface area contributed by atoms with E-state index in [4.69, 9.17) is 5.73 Å². The monoisotopic (exact) mass is 270 g/mol. The first kappa shape index (κ1) is 12.7. The first-order valence-electron chi connectivity index (χ1n) is 6.52. The van der Waals surface area contributed by atoms with Crippen molar-refractivity contribution >= 4 is 22.8 Å². The second-order valence-electron chi connectivity index (χ2n) is 5.00. The van der Waals surface area contributed by atoms with Gasteiger partial charge in [-0.05, 0) is 49.2 Å². The van der Waals surface area contributed by atoms with Gasteiger partial charge in [-0.25, -0.2) is 4.39 Å². The van der Waals surface area contributed by atoms with E-state index in [0.717, 1.165) is 29.9 Å². The zero-order valence-corrected chi connectivity index (χ0v) is 11.2. The molecule has 2 N–H and O–H groups in total. The van der Waals surface area contributed by atoms with Crippen LogP contribution in [-0.4, -0.2) is 12.3 Å². The van der Waals surface area contributed by atoms with Crippen LogP contribution >= 0.6 is 0 Å². The van der Waals surface area contributed by atoms with E-state index in [2.05, 4.69) is 0 Å². The summed E-state index contributed by atoms with van der Waals surface area (Å²) in [6.07, 6.45) is 0.870. The van der Waals surface area contributed by atoms with Gasteiger partial charge in [0.1, 0.15) is 5.82 Å². The van der Waals surface area contributed by atoms with Gasteiger partial charge in [-0.3, -0.25) is 4.79 Å². The molecule has 1 aliphatic heterocycles. The summed E-state index contributed by atoms with van der Waals surface area (Å²) in [5, 5.41) is 0. The van der Waals surface area contributed by atoms with E-state index in [9.17, 15) is 9.18 Å². The molecule has 0 aromatic heterocycles. The topological polar surface area (TPSA) is 46.3 Å². The predicted octanol–water partition coefficient (Wildman–Crippen LogP) is 3.30. The van der Waals surface area contributed by atoms with Crippen molar-refractivity contribution in [3.05, 3.63) is 53.3 Å². The highest BCUT2D eigenvalue weighted by Gasteiger charge is 2.21. The summed E-state index contributed by atoms with van der Waals surface area (Å²) in [5.41, 5.74) is 9.64. The van der Waals surface area contributed by atoms with E-state index in [1.165, 1.54) is 19.1 Å². The number of fused-ring (bicyclic) bond motifs is 1. The van der Waals surface area contributed by atoms with Gasteiger partial charge in [0, 0.05) is 29.2 Å². The summed E-state index contributed by atoms with van der Waals surface area (Å²) in [4.78, 5) is 13.6. The molecule has 1 aliphatic rings. The summed E-state index contributed by atoms with van der Waals surface area (Å²) in [7, 11) is 0. The van der Waals surface area contributed by atoms with E-state index >= 15 is 0 Å². The van der Waals surface area contributed by atoms with Crippen molar-refractivity contribution in [3.8, 4) is 0 Å². The molecule has 0 radical (unpaired) electrons. The zero-order valence-electron chi connectivity index (χ0n) is 11.2. The molecule has 1 heterocycles. The third kappa shape index (κ3) is 2.03. The van der Waals surface area contributed by atoms with Crippen LogP contribution in [-0.2, 0) is 6.42 Å². The zero-order chi connectivity index (χ0) is 14.3. The molecule has 0 atom stereocenters. The molecule has 2 aromatic rings. The molecule has 4 heteroatoms. The van der Waals surface area contributed by atoms with Gasteiger partial charge in [-0.2, -0.15) is 0 Å². The number of anilines is 3. The van der Waals surface area contributed by atoms with Crippen LogP contribution in [0.2, 0.25) is 0 Å². The molecule has 3 rings (SSSR count). The summed E-state index contributed by atoms with van der Waals surface area (Å²) in [6, 6.07) is 10.2. The number of carbonyl (C=O) groups excluding carboxylic acids is 1. The fourth-order valence-corrected chi connectivity index (χ4v) is 2.64. The Kier molecular flexibility index (Phi) is 2.93. The van der Waals surface area contributed by atoms with Crippen LogP contribution in [0.4, 0.5) is 21.5 Å². The molecule has 102 valence electrons. The Balaban J connectivity index is 2.06. The number of Topliss-reactive ketones (excluding diaryl/α,β-unsaturated/α-hetero) is 1. The maximum absolute atomic E-state index is 13.4. The van der Waals surface area contributed by atoms with E-state index in [1.54, 1.807) is 12.1 Å². The standard InChI is InChI=1S/C16H15FN2O/c1-10(20)14-9-13(4-5-15(14)18)19-7-6-11-2-3-12(17)8-16(11)19/h2-5,8-9H,6-7,18H2,1H3. The molecule has 0 amide bonds. The summed E-state index contributed by atoms with van der Waals surface area (Å²) in [6.45, 7) is 2.27. The van der Waals surface area contributed by atoms with Crippen LogP contribution in [0.1, 0.15) is 22.8 Å². The molecule has 0 saturated carbocycles. The number of nitrogen functional groups attached to an aromatic ring is 1. The van der Waals surface area contributed by atoms with E-state index in [-0.39, 0.29) is 11.6 Å². The third-order valence-electron chi connectivity index (χ3n) is 3.67. The lowest BCUT2D eigenvalue weighted by Crippen LogP contribution is -2.14. The summed E-state index contributed by atoms with van der Waals surface area (Å²) < 4.78 is 13.4. The molecule has 0 bridgehead atoms. The Bertz CT molecular complexity index is 697. The van der Waals surface area contributed by atoms with Gasteiger partial charge >= 0.3 is 0 Å². The van der Waals surface area contributed by atoms with E-state index in [1.807, 2.05) is 17.0 Å². The first-order valence-corrected chi connectivity index (χ1v) is 6.52. The lowest BCUT2D eigenvalue weighted by Gasteiger charge is -2.20. The Morgan fingerprint density at radius 3 is 2.80 bits per heavy atom. The van der Waals surface area contributed by atoms with Gasteiger partial charge in [-0.1, -0.05) is 6.07 Å².